The molecule has 0 aromatic heterocycles. The lowest BCUT2D eigenvalue weighted by molar-refractivity contribution is -0.416. The lowest BCUT2D eigenvalue weighted by atomic mass is 9.69. The van der Waals surface area contributed by atoms with Crippen molar-refractivity contribution in [1.82, 2.24) is 4.90 Å². The lowest BCUT2D eigenvalue weighted by Crippen LogP contribution is -2.78. The van der Waals surface area contributed by atoms with Crippen LogP contribution < -0.4 is 0 Å². The van der Waals surface area contributed by atoms with Gasteiger partial charge in [0.05, 0.1) is 6.61 Å². The van der Waals surface area contributed by atoms with Crippen LogP contribution in [-0.2, 0) is 47.6 Å². The van der Waals surface area contributed by atoms with E-state index in [9.17, 15) is 19.2 Å². The van der Waals surface area contributed by atoms with Crippen LogP contribution in [0.25, 0.3) is 0 Å². The highest BCUT2D eigenvalue weighted by Crippen LogP contribution is 2.52. The van der Waals surface area contributed by atoms with Crippen LogP contribution in [0.5, 0.6) is 0 Å². The van der Waals surface area contributed by atoms with Gasteiger partial charge in [-0.25, -0.2) is 0 Å². The minimum atomic E-state index is -1.53. The number of hydrogen-bond donors (Lipinski definition) is 0. The topological polar surface area (TPSA) is 127 Å². The van der Waals surface area contributed by atoms with Gasteiger partial charge in [-0.1, -0.05) is 0 Å². The molecule has 1 saturated carbocycles. The first-order chi connectivity index (χ1) is 14.4. The first kappa shape index (κ1) is 25.0. The molecule has 31 heavy (non-hydrogen) atoms. The third-order valence-corrected chi connectivity index (χ3v) is 5.18. The van der Waals surface area contributed by atoms with E-state index in [4.69, 9.17) is 28.4 Å². The monoisotopic (exact) mass is 445 g/mol. The SMILES string of the molecule is CC(=O)OC[C@@H]1O[C@@]2(OCCN(C)C)CCC1(OC(C)=O)C(OC(C)=O)[C@@H]2OC(C)=O. The van der Waals surface area contributed by atoms with Crippen LogP contribution in [-0.4, -0.2) is 92.3 Å². The van der Waals surface area contributed by atoms with E-state index >= 15 is 0 Å². The Morgan fingerprint density at radius 2 is 1.52 bits per heavy atom. The number of carbonyl (C=O) groups is 4. The maximum Gasteiger partial charge on any atom is 0.303 e. The van der Waals surface area contributed by atoms with Gasteiger partial charge in [-0.2, -0.15) is 0 Å². The smallest absolute Gasteiger partial charge is 0.303 e. The van der Waals surface area contributed by atoms with Gasteiger partial charge in [-0.15, -0.1) is 0 Å². The molecule has 2 bridgehead atoms. The summed E-state index contributed by atoms with van der Waals surface area (Å²) in [5.74, 6) is -4.02. The van der Waals surface area contributed by atoms with E-state index in [2.05, 4.69) is 0 Å². The van der Waals surface area contributed by atoms with Gasteiger partial charge in [0.2, 0.25) is 5.79 Å². The van der Waals surface area contributed by atoms with Gasteiger partial charge in [-0.05, 0) is 20.5 Å². The van der Waals surface area contributed by atoms with Crippen molar-refractivity contribution in [2.24, 2.45) is 0 Å². The third-order valence-electron chi connectivity index (χ3n) is 5.18. The normalized spacial score (nSPS) is 31.8. The van der Waals surface area contributed by atoms with E-state index in [1.807, 2.05) is 19.0 Å². The van der Waals surface area contributed by atoms with Crippen molar-refractivity contribution >= 4 is 23.9 Å². The number of likely N-dealkylation sites (N-methyl/N-ethyl adjacent to an activating group) is 1. The van der Waals surface area contributed by atoms with Gasteiger partial charge in [0.15, 0.2) is 17.8 Å². The number of esters is 4. The Morgan fingerprint density at radius 1 is 0.903 bits per heavy atom. The second-order valence-corrected chi connectivity index (χ2v) is 7.98. The Hall–Kier alpha value is -2.24. The van der Waals surface area contributed by atoms with Crippen molar-refractivity contribution in [2.75, 3.05) is 33.9 Å². The summed E-state index contributed by atoms with van der Waals surface area (Å²) in [5.41, 5.74) is -1.53. The lowest BCUT2D eigenvalue weighted by Gasteiger charge is -2.60. The second-order valence-electron chi connectivity index (χ2n) is 7.98. The molecule has 2 aliphatic heterocycles. The quantitative estimate of drug-likeness (QED) is 0.356. The molecule has 2 unspecified atom stereocenters. The molecule has 3 fully saturated rings. The summed E-state index contributed by atoms with van der Waals surface area (Å²) in [6.07, 6.45) is -3.06. The van der Waals surface area contributed by atoms with Crippen molar-refractivity contribution in [3.8, 4) is 0 Å². The molecule has 176 valence electrons. The van der Waals surface area contributed by atoms with Crippen molar-refractivity contribution in [3.63, 3.8) is 0 Å². The summed E-state index contributed by atoms with van der Waals surface area (Å²) in [6, 6.07) is 0. The van der Waals surface area contributed by atoms with Gasteiger partial charge in [-0.3, -0.25) is 19.2 Å². The predicted octanol–water partition coefficient (Wildman–Crippen LogP) is 0.182. The molecule has 0 spiro atoms. The number of hydrogen-bond acceptors (Lipinski definition) is 11. The zero-order valence-corrected chi connectivity index (χ0v) is 18.8. The largest absolute Gasteiger partial charge is 0.463 e. The van der Waals surface area contributed by atoms with Gasteiger partial charge < -0.3 is 33.3 Å². The van der Waals surface area contributed by atoms with Crippen LogP contribution in [0, 0.1) is 0 Å². The molecule has 3 aliphatic rings. The molecule has 2 heterocycles. The average molecular weight is 445 g/mol. The van der Waals surface area contributed by atoms with E-state index < -0.39 is 53.6 Å². The molecule has 0 aromatic rings. The van der Waals surface area contributed by atoms with E-state index in [-0.39, 0.29) is 26.1 Å². The highest BCUT2D eigenvalue weighted by atomic mass is 16.8. The fourth-order valence-electron chi connectivity index (χ4n) is 4.02. The molecule has 0 aromatic carbocycles. The van der Waals surface area contributed by atoms with Gasteiger partial charge in [0.1, 0.15) is 12.7 Å². The van der Waals surface area contributed by atoms with Crippen LogP contribution >= 0.6 is 0 Å². The van der Waals surface area contributed by atoms with Gasteiger partial charge in [0, 0.05) is 40.7 Å². The van der Waals surface area contributed by atoms with E-state index in [1.165, 1.54) is 27.7 Å². The summed E-state index contributed by atoms with van der Waals surface area (Å²) in [5, 5.41) is 0. The number of ether oxygens (including phenoxy) is 6. The molecule has 1 aliphatic carbocycles. The van der Waals surface area contributed by atoms with Crippen LogP contribution in [0.3, 0.4) is 0 Å². The highest BCUT2D eigenvalue weighted by Gasteiger charge is 2.72. The zero-order valence-electron chi connectivity index (χ0n) is 18.8. The standard InChI is InChI=1S/C20H31NO10/c1-12(22)26-11-16-19(30-15(4)25)7-8-20(31-16,27-10-9-21(5)6)18(29-14(3)24)17(19)28-13(2)23/h16-18H,7-11H2,1-6H3/t16-,17?,18-,19?,20-/m0/s1. The Bertz CT molecular complexity index is 710. The Morgan fingerprint density at radius 3 is 2.03 bits per heavy atom. The maximum atomic E-state index is 12.0. The van der Waals surface area contributed by atoms with E-state index in [1.54, 1.807) is 0 Å². The summed E-state index contributed by atoms with van der Waals surface area (Å²) >= 11 is 0. The number of fused-ring (bicyclic) bond motifs is 3. The van der Waals surface area contributed by atoms with Crippen LogP contribution in [0.4, 0.5) is 0 Å². The molecule has 3 rings (SSSR count). The molecular weight excluding hydrogens is 414 g/mol. The minimum absolute atomic E-state index is 0.177. The maximum absolute atomic E-state index is 12.0. The second kappa shape index (κ2) is 9.92. The molecule has 11 nitrogen and oxygen atoms in total. The zero-order chi connectivity index (χ0) is 23.4. The minimum Gasteiger partial charge on any atom is -0.463 e. The summed E-state index contributed by atoms with van der Waals surface area (Å²) in [7, 11) is 3.73. The first-order valence-electron chi connectivity index (χ1n) is 10.1. The molecule has 11 heteroatoms. The van der Waals surface area contributed by atoms with Crippen molar-refractivity contribution in [1.29, 1.82) is 0 Å². The average Bonchev–Trinajstić information content (AvgIpc) is 2.62. The third kappa shape index (κ3) is 5.72. The molecule has 0 N–H and O–H groups in total. The molecule has 5 atom stereocenters. The molecule has 0 amide bonds. The Kier molecular flexibility index (Phi) is 8.01. The van der Waals surface area contributed by atoms with Crippen molar-refractivity contribution in [2.45, 2.75) is 70.2 Å². The van der Waals surface area contributed by atoms with Crippen LogP contribution in [0.2, 0.25) is 0 Å². The van der Waals surface area contributed by atoms with Crippen LogP contribution in [0.15, 0.2) is 0 Å². The molecule has 2 saturated heterocycles. The van der Waals surface area contributed by atoms with Gasteiger partial charge >= 0.3 is 23.9 Å². The fourth-order valence-corrected chi connectivity index (χ4v) is 4.02. The fraction of sp³-hybridized carbons (Fsp3) is 0.800. The molecular formula is C20H31NO10. The first-order valence-corrected chi connectivity index (χ1v) is 10.1. The van der Waals surface area contributed by atoms with Gasteiger partial charge in [0.25, 0.3) is 0 Å². The Labute approximate surface area is 181 Å². The van der Waals surface area contributed by atoms with Crippen molar-refractivity contribution < 1.29 is 47.6 Å². The molecule has 0 radical (unpaired) electrons. The summed E-state index contributed by atoms with van der Waals surface area (Å²) < 4.78 is 34.0. The summed E-state index contributed by atoms with van der Waals surface area (Å²) in [6.45, 7) is 5.32. The number of nitrogens with zero attached hydrogens (tertiary/aromatic N) is 1. The predicted molar refractivity (Wildman–Crippen MR) is 104 cm³/mol. The number of carbonyl (C=O) groups excluding carboxylic acids is 4. The Balaban J connectivity index is 2.52. The highest BCUT2D eigenvalue weighted by molar-refractivity contribution is 5.69. The number of rotatable bonds is 9. The summed E-state index contributed by atoms with van der Waals surface area (Å²) in [4.78, 5) is 49.2. The van der Waals surface area contributed by atoms with Crippen LogP contribution in [0.1, 0.15) is 40.5 Å². The van der Waals surface area contributed by atoms with Crippen molar-refractivity contribution in [3.05, 3.63) is 0 Å². The van der Waals surface area contributed by atoms with E-state index in [0.717, 1.165) is 0 Å². The van der Waals surface area contributed by atoms with E-state index in [0.29, 0.717) is 6.54 Å².